The van der Waals surface area contributed by atoms with Gasteiger partial charge in [-0.1, -0.05) is 18.8 Å². The average molecular weight is 495 g/mol. The monoisotopic (exact) mass is 494 g/mol. The molecule has 3 atom stereocenters. The zero-order valence-electron chi connectivity index (χ0n) is 20.7. The van der Waals surface area contributed by atoms with E-state index >= 15 is 0 Å². The summed E-state index contributed by atoms with van der Waals surface area (Å²) >= 11 is 0. The number of ether oxygens (including phenoxy) is 1. The number of rotatable bonds is 5. The van der Waals surface area contributed by atoms with Crippen molar-refractivity contribution in [3.8, 4) is 17.7 Å². The van der Waals surface area contributed by atoms with E-state index < -0.39 is 12.1 Å². The Morgan fingerprint density at radius 3 is 2.75 bits per heavy atom. The molecule has 0 saturated heterocycles. The third-order valence-corrected chi connectivity index (χ3v) is 6.42. The lowest BCUT2D eigenvalue weighted by molar-refractivity contribution is 0.0356. The Morgan fingerprint density at radius 1 is 1.36 bits per heavy atom. The van der Waals surface area contributed by atoms with Crippen LogP contribution in [0.1, 0.15) is 42.6 Å². The number of nitrogens with zero attached hydrogens (tertiary/aromatic N) is 3. The van der Waals surface area contributed by atoms with Gasteiger partial charge in [-0.25, -0.2) is 14.2 Å². The van der Waals surface area contributed by atoms with E-state index in [1.165, 1.54) is 29.2 Å². The molecule has 1 aromatic heterocycles. The number of hydrogen-bond acceptors (Lipinski definition) is 5. The van der Waals surface area contributed by atoms with Crippen LogP contribution >= 0.6 is 0 Å². The highest BCUT2D eigenvalue weighted by atomic mass is 19.1. The Morgan fingerprint density at radius 2 is 2.08 bits per heavy atom. The summed E-state index contributed by atoms with van der Waals surface area (Å²) in [5.41, 5.74) is 1.39. The number of anilines is 1. The summed E-state index contributed by atoms with van der Waals surface area (Å²) in [6, 6.07) is 6.42. The Bertz CT molecular complexity index is 1170. The van der Waals surface area contributed by atoms with Crippen molar-refractivity contribution in [3.63, 3.8) is 0 Å². The standard InChI is InChI=1S/C27H31FN4O4/c1-17-14-32(18(2)16-33)26(34)23-12-20(7-6-19-4-5-19)13-29-25(23)36-24(17)15-31(3)27(35)30-22-10-8-21(28)9-11-22/h8-13,17-19,24,33H,4-5,14-16H2,1-3H3,(H,30,35)/t17-,18?,24-/m0/s1. The minimum absolute atomic E-state index is 0.173. The second-order valence-corrected chi connectivity index (χ2v) is 9.56. The normalized spacial score (nSPS) is 20.1. The van der Waals surface area contributed by atoms with E-state index in [4.69, 9.17) is 4.74 Å². The van der Waals surface area contributed by atoms with Gasteiger partial charge in [0, 0.05) is 42.9 Å². The van der Waals surface area contributed by atoms with Gasteiger partial charge in [0.2, 0.25) is 5.88 Å². The number of likely N-dealkylation sites (N-methyl/N-ethyl adjacent to an activating group) is 1. The third kappa shape index (κ3) is 6.13. The Labute approximate surface area is 210 Å². The lowest BCUT2D eigenvalue weighted by Gasteiger charge is -2.37. The molecule has 190 valence electrons. The first kappa shape index (κ1) is 25.5. The highest BCUT2D eigenvalue weighted by Gasteiger charge is 2.34. The third-order valence-electron chi connectivity index (χ3n) is 6.42. The molecule has 2 aromatic rings. The number of aliphatic hydroxyl groups excluding tert-OH is 1. The van der Waals surface area contributed by atoms with Crippen molar-refractivity contribution in [2.45, 2.75) is 38.8 Å². The smallest absolute Gasteiger partial charge is 0.321 e. The van der Waals surface area contributed by atoms with E-state index in [-0.39, 0.29) is 48.3 Å². The minimum atomic E-state index is -0.481. The number of urea groups is 1. The zero-order valence-corrected chi connectivity index (χ0v) is 20.7. The molecule has 0 spiro atoms. The quantitative estimate of drug-likeness (QED) is 0.622. The molecule has 9 heteroatoms. The summed E-state index contributed by atoms with van der Waals surface area (Å²) < 4.78 is 19.4. The molecule has 2 heterocycles. The molecule has 1 aliphatic carbocycles. The number of halogens is 1. The maximum atomic E-state index is 13.4. The number of pyridine rings is 1. The summed E-state index contributed by atoms with van der Waals surface area (Å²) in [4.78, 5) is 33.7. The molecule has 1 saturated carbocycles. The number of nitrogens with one attached hydrogen (secondary N) is 1. The molecule has 0 bridgehead atoms. The molecular formula is C27H31FN4O4. The van der Waals surface area contributed by atoms with Crippen molar-refractivity contribution in [3.05, 3.63) is 53.5 Å². The summed E-state index contributed by atoms with van der Waals surface area (Å²) in [5, 5.41) is 12.5. The van der Waals surface area contributed by atoms with Gasteiger partial charge in [0.25, 0.3) is 5.91 Å². The van der Waals surface area contributed by atoms with Crippen LogP contribution in [0.4, 0.5) is 14.9 Å². The summed E-state index contributed by atoms with van der Waals surface area (Å²) in [7, 11) is 1.64. The van der Waals surface area contributed by atoms with E-state index in [0.29, 0.717) is 23.7 Å². The van der Waals surface area contributed by atoms with Gasteiger partial charge in [-0.2, -0.15) is 0 Å². The predicted octanol–water partition coefficient (Wildman–Crippen LogP) is 3.37. The molecule has 1 unspecified atom stereocenters. The first-order chi connectivity index (χ1) is 17.2. The molecule has 4 rings (SSSR count). The highest BCUT2D eigenvalue weighted by molar-refractivity contribution is 5.97. The van der Waals surface area contributed by atoms with Crippen LogP contribution in [0, 0.1) is 29.5 Å². The van der Waals surface area contributed by atoms with Gasteiger partial charge in [-0.3, -0.25) is 4.79 Å². The lowest BCUT2D eigenvalue weighted by Crippen LogP contribution is -2.50. The number of benzene rings is 1. The number of carbonyl (C=O) groups is 2. The number of hydrogen-bond donors (Lipinski definition) is 2. The minimum Gasteiger partial charge on any atom is -0.472 e. The van der Waals surface area contributed by atoms with Crippen molar-refractivity contribution in [2.24, 2.45) is 11.8 Å². The molecule has 1 aromatic carbocycles. The van der Waals surface area contributed by atoms with Crippen molar-refractivity contribution in [2.75, 3.05) is 32.1 Å². The first-order valence-corrected chi connectivity index (χ1v) is 12.1. The fourth-order valence-corrected chi connectivity index (χ4v) is 3.91. The molecule has 3 amide bonds. The number of aromatic nitrogens is 1. The number of fused-ring (bicyclic) bond motifs is 1. The number of aliphatic hydroxyl groups is 1. The fraction of sp³-hybridized carbons (Fsp3) is 0.444. The fourth-order valence-electron chi connectivity index (χ4n) is 3.91. The van der Waals surface area contributed by atoms with Gasteiger partial charge in [-0.05, 0) is 50.1 Å². The van der Waals surface area contributed by atoms with Crippen LogP contribution in [0.15, 0.2) is 36.5 Å². The first-order valence-electron chi connectivity index (χ1n) is 12.1. The molecule has 36 heavy (non-hydrogen) atoms. The van der Waals surface area contributed by atoms with Crippen molar-refractivity contribution >= 4 is 17.6 Å². The maximum Gasteiger partial charge on any atom is 0.321 e. The van der Waals surface area contributed by atoms with Crippen LogP contribution in [-0.4, -0.2) is 70.7 Å². The topological polar surface area (TPSA) is 95.0 Å². The lowest BCUT2D eigenvalue weighted by atomic mass is 10.00. The van der Waals surface area contributed by atoms with Crippen LogP contribution in [0.5, 0.6) is 5.88 Å². The van der Waals surface area contributed by atoms with Crippen molar-refractivity contribution in [1.29, 1.82) is 0 Å². The van der Waals surface area contributed by atoms with Crippen LogP contribution in [0.3, 0.4) is 0 Å². The predicted molar refractivity (Wildman–Crippen MR) is 133 cm³/mol. The Balaban J connectivity index is 1.57. The van der Waals surface area contributed by atoms with E-state index in [9.17, 15) is 19.1 Å². The number of carbonyl (C=O) groups excluding carboxylic acids is 2. The van der Waals surface area contributed by atoms with Crippen LogP contribution in [0.2, 0.25) is 0 Å². The van der Waals surface area contributed by atoms with Crippen LogP contribution < -0.4 is 10.1 Å². The van der Waals surface area contributed by atoms with Gasteiger partial charge < -0.3 is 25.0 Å². The molecule has 1 aliphatic heterocycles. The van der Waals surface area contributed by atoms with E-state index in [1.54, 1.807) is 31.1 Å². The van der Waals surface area contributed by atoms with Crippen LogP contribution in [-0.2, 0) is 0 Å². The van der Waals surface area contributed by atoms with Crippen molar-refractivity contribution in [1.82, 2.24) is 14.8 Å². The molecule has 8 nitrogen and oxygen atoms in total. The van der Waals surface area contributed by atoms with Crippen molar-refractivity contribution < 1.29 is 23.8 Å². The largest absolute Gasteiger partial charge is 0.472 e. The second kappa shape index (κ2) is 11.0. The van der Waals surface area contributed by atoms with Gasteiger partial charge in [0.05, 0.1) is 19.2 Å². The summed E-state index contributed by atoms with van der Waals surface area (Å²) in [5.74, 6) is 6.02. The SMILES string of the molecule is CC(CO)N1C[C@H](C)[C@H](CN(C)C(=O)Nc2ccc(F)cc2)Oc2ncc(C#CC3CC3)cc2C1=O. The summed E-state index contributed by atoms with van der Waals surface area (Å²) in [6.45, 7) is 4.08. The van der Waals surface area contributed by atoms with E-state index in [2.05, 4.69) is 22.1 Å². The highest BCUT2D eigenvalue weighted by Crippen LogP contribution is 2.29. The average Bonchev–Trinajstić information content (AvgIpc) is 3.70. The second-order valence-electron chi connectivity index (χ2n) is 9.56. The molecule has 2 N–H and O–H groups in total. The maximum absolute atomic E-state index is 13.4. The Kier molecular flexibility index (Phi) is 7.75. The van der Waals surface area contributed by atoms with Gasteiger partial charge >= 0.3 is 6.03 Å². The van der Waals surface area contributed by atoms with E-state index in [0.717, 1.165) is 12.8 Å². The molecular weight excluding hydrogens is 463 g/mol. The number of amides is 3. The molecule has 1 fully saturated rings. The molecule has 0 radical (unpaired) electrons. The summed E-state index contributed by atoms with van der Waals surface area (Å²) in [6.07, 6.45) is 3.30. The zero-order chi connectivity index (χ0) is 25.8. The van der Waals surface area contributed by atoms with Crippen LogP contribution in [0.25, 0.3) is 0 Å². The van der Waals surface area contributed by atoms with Gasteiger partial charge in [0.1, 0.15) is 17.5 Å². The Hall–Kier alpha value is -3.64. The van der Waals surface area contributed by atoms with Gasteiger partial charge in [-0.15, -0.1) is 0 Å². The van der Waals surface area contributed by atoms with Gasteiger partial charge in [0.15, 0.2) is 0 Å². The molecule has 2 aliphatic rings. The van der Waals surface area contributed by atoms with E-state index in [1.807, 2.05) is 6.92 Å².